The molecule has 4 aliphatic rings. The Balaban J connectivity index is 0.000000148. The molecule has 5 aromatic heterocycles. The molecular formula is C49H53N11O2. The van der Waals surface area contributed by atoms with Gasteiger partial charge in [0.25, 0.3) is 0 Å². The lowest BCUT2D eigenvalue weighted by molar-refractivity contribution is -0.123. The van der Waals surface area contributed by atoms with E-state index in [2.05, 4.69) is 92.5 Å². The Morgan fingerprint density at radius 1 is 0.726 bits per heavy atom. The molecular weight excluding hydrogens is 775 g/mol. The molecule has 7 heterocycles. The maximum absolute atomic E-state index is 13.8. The zero-order valence-electron chi connectivity index (χ0n) is 35.9. The number of nitrogens with zero attached hydrogens (tertiary/aromatic N) is 6. The molecule has 2 amide bonds. The Kier molecular flexibility index (Phi) is 9.81. The predicted octanol–water partition coefficient (Wildman–Crippen LogP) is 9.10. The number of aromatic amines is 3. The van der Waals surface area contributed by atoms with Crippen LogP contribution in [0, 0.1) is 0 Å². The Hall–Kier alpha value is -6.60. The lowest BCUT2D eigenvalue weighted by atomic mass is 9.76. The van der Waals surface area contributed by atoms with E-state index >= 15 is 0 Å². The van der Waals surface area contributed by atoms with Crippen LogP contribution in [-0.2, 0) is 46.1 Å². The number of H-pyrrole nitrogens is 3. The van der Waals surface area contributed by atoms with Gasteiger partial charge in [-0.2, -0.15) is 5.10 Å². The van der Waals surface area contributed by atoms with E-state index in [1.807, 2.05) is 35.5 Å². The number of carbonyl (C=O) groups is 2. The summed E-state index contributed by atoms with van der Waals surface area (Å²) in [5.41, 5.74) is 16.6. The number of fused-ring (bicyclic) bond motifs is 10. The van der Waals surface area contributed by atoms with E-state index in [4.69, 9.17) is 5.84 Å². The normalized spacial score (nSPS) is 17.9. The monoisotopic (exact) mass is 827 g/mol. The fourth-order valence-electron chi connectivity index (χ4n) is 11.0. The van der Waals surface area contributed by atoms with Gasteiger partial charge in [-0.05, 0) is 134 Å². The average molecular weight is 828 g/mol. The van der Waals surface area contributed by atoms with Gasteiger partial charge >= 0.3 is 0 Å². The average Bonchev–Trinajstić information content (AvgIpc) is 4.04. The van der Waals surface area contributed by atoms with Gasteiger partial charge in [0.15, 0.2) is 5.82 Å². The minimum Gasteiger partial charge on any atom is -0.358 e. The van der Waals surface area contributed by atoms with Crippen molar-refractivity contribution >= 4 is 56.6 Å². The highest BCUT2D eigenvalue weighted by Crippen LogP contribution is 2.52. The van der Waals surface area contributed by atoms with Crippen molar-refractivity contribution in [3.8, 4) is 11.4 Å². The van der Waals surface area contributed by atoms with Gasteiger partial charge in [0, 0.05) is 58.7 Å². The van der Waals surface area contributed by atoms with Gasteiger partial charge in [-0.3, -0.25) is 35.3 Å². The Labute approximate surface area is 360 Å². The van der Waals surface area contributed by atoms with E-state index in [9.17, 15) is 9.59 Å². The Morgan fingerprint density at radius 2 is 1.37 bits per heavy atom. The van der Waals surface area contributed by atoms with Gasteiger partial charge in [-0.25, -0.2) is 9.97 Å². The topological polar surface area (TPSA) is 178 Å². The van der Waals surface area contributed by atoms with Crippen LogP contribution in [0.4, 0.5) is 23.0 Å². The number of rotatable bonds is 7. The number of aromatic nitrogens is 7. The quantitative estimate of drug-likeness (QED) is 0.0600. The predicted molar refractivity (Wildman–Crippen MR) is 243 cm³/mol. The number of pyridine rings is 1. The third-order valence-corrected chi connectivity index (χ3v) is 14.4. The first-order valence-corrected chi connectivity index (χ1v) is 22.2. The number of nitrogens with two attached hydrogens (primary N) is 1. The molecule has 2 aliphatic heterocycles. The van der Waals surface area contributed by atoms with Crippen LogP contribution in [0.25, 0.3) is 33.2 Å². The minimum atomic E-state index is -0.553. The number of hydrogen-bond donors (Lipinski definition) is 5. The van der Waals surface area contributed by atoms with Crippen LogP contribution in [0.1, 0.15) is 106 Å². The molecule has 0 bridgehead atoms. The van der Waals surface area contributed by atoms with Crippen LogP contribution < -0.4 is 21.1 Å². The van der Waals surface area contributed by atoms with E-state index in [0.29, 0.717) is 11.6 Å². The third-order valence-electron chi connectivity index (χ3n) is 14.4. The number of aryl methyl sites for hydroxylation is 3. The smallest absolute Gasteiger partial charge is 0.243 e. The summed E-state index contributed by atoms with van der Waals surface area (Å²) < 4.78 is 0. The molecule has 11 rings (SSSR count). The van der Waals surface area contributed by atoms with Crippen molar-refractivity contribution in [1.82, 2.24) is 40.5 Å². The number of allylic oxidation sites excluding steroid dienone is 1. The summed E-state index contributed by atoms with van der Waals surface area (Å²) in [6, 6.07) is 14.5. The van der Waals surface area contributed by atoms with E-state index in [-0.39, 0.29) is 11.8 Å². The summed E-state index contributed by atoms with van der Waals surface area (Å²) in [6.07, 6.45) is 20.6. The van der Waals surface area contributed by atoms with Gasteiger partial charge in [0.1, 0.15) is 5.82 Å². The zero-order chi connectivity index (χ0) is 42.8. The molecule has 62 heavy (non-hydrogen) atoms. The Morgan fingerprint density at radius 3 is 2.02 bits per heavy atom. The van der Waals surface area contributed by atoms with Crippen molar-refractivity contribution in [2.75, 3.05) is 9.80 Å². The van der Waals surface area contributed by atoms with E-state index in [1.54, 1.807) is 29.7 Å². The van der Waals surface area contributed by atoms with Crippen molar-refractivity contribution in [3.63, 3.8) is 0 Å². The molecule has 6 N–H and O–H groups in total. The van der Waals surface area contributed by atoms with Gasteiger partial charge in [-0.1, -0.05) is 33.8 Å². The highest BCUT2D eigenvalue weighted by atomic mass is 16.2. The first-order chi connectivity index (χ1) is 30.3. The minimum absolute atomic E-state index is 0.0857. The van der Waals surface area contributed by atoms with Crippen LogP contribution in [-0.4, -0.2) is 46.9 Å². The standard InChI is InChI=1S/C25H29N5O.C24H24N6O/c1-3-25(4-2)19-14-21-18(17-9-7-8-16(15-28-26)12-20(17)29-21)13-22(19)30(24(25)31)23-10-5-6-11-27-23;1-3-24(4-2)17-11-18-16(10-19(17)30(23(24)31)20-13-25-8-9-26-20)15-7-5-6-14-12-27-29-21(14)22(15)28-18/h5-6,10-11,13-15,28-29H,3-4,7-9,12,26H2,1-2H3;8-13,28H,3-7H2,1-2H3,(H,27,29)/b16-15-;. The van der Waals surface area contributed by atoms with Crippen molar-refractivity contribution in [2.24, 2.45) is 5.84 Å². The largest absolute Gasteiger partial charge is 0.358 e. The van der Waals surface area contributed by atoms with E-state index < -0.39 is 10.8 Å². The van der Waals surface area contributed by atoms with Crippen molar-refractivity contribution in [2.45, 2.75) is 109 Å². The maximum Gasteiger partial charge on any atom is 0.243 e. The first kappa shape index (κ1) is 39.5. The summed E-state index contributed by atoms with van der Waals surface area (Å²) in [6.45, 7) is 8.41. The first-order valence-electron chi connectivity index (χ1n) is 22.2. The van der Waals surface area contributed by atoms with Crippen LogP contribution in [0.5, 0.6) is 0 Å². The Bertz CT molecular complexity index is 2880. The molecule has 0 saturated heterocycles. The lowest BCUT2D eigenvalue weighted by Crippen LogP contribution is -2.37. The summed E-state index contributed by atoms with van der Waals surface area (Å²) in [5.74, 6) is 7.02. The SMILES string of the molecule is CCC1(CC)C(=O)N(c2ccccn2)c2cc3c4c([nH]c3cc21)C/C(=C\NN)CCC4.CCC1(CC)C(=O)N(c2cnccn2)c2cc3c4c([nH]c3cc21)-c1[nH]ncc1CCC4. The fraction of sp³-hybridized carbons (Fsp3) is 0.347. The third kappa shape index (κ3) is 5.84. The van der Waals surface area contributed by atoms with Gasteiger partial charge in [-0.15, -0.1) is 0 Å². The van der Waals surface area contributed by atoms with Gasteiger partial charge < -0.3 is 15.4 Å². The molecule has 2 aromatic carbocycles. The summed E-state index contributed by atoms with van der Waals surface area (Å²) in [5, 5.41) is 9.85. The molecule has 13 nitrogen and oxygen atoms in total. The zero-order valence-corrected chi connectivity index (χ0v) is 35.9. The summed E-state index contributed by atoms with van der Waals surface area (Å²) in [7, 11) is 0. The molecule has 316 valence electrons. The number of amides is 2. The molecule has 2 aliphatic carbocycles. The highest BCUT2D eigenvalue weighted by molar-refractivity contribution is 6.15. The number of anilines is 4. The molecule has 13 heteroatoms. The van der Waals surface area contributed by atoms with Crippen molar-refractivity contribution in [1.29, 1.82) is 0 Å². The van der Waals surface area contributed by atoms with E-state index in [1.165, 1.54) is 38.7 Å². The van der Waals surface area contributed by atoms with Crippen LogP contribution in [0.3, 0.4) is 0 Å². The van der Waals surface area contributed by atoms with E-state index in [0.717, 1.165) is 116 Å². The molecule has 0 radical (unpaired) electrons. The molecule has 0 atom stereocenters. The lowest BCUT2D eigenvalue weighted by Gasteiger charge is -2.25. The molecule has 0 unspecified atom stereocenters. The molecule has 0 saturated carbocycles. The maximum atomic E-state index is 13.8. The number of carbonyl (C=O) groups excluding carboxylic acids is 2. The summed E-state index contributed by atoms with van der Waals surface area (Å²) >= 11 is 0. The molecule has 7 aromatic rings. The van der Waals surface area contributed by atoms with Crippen LogP contribution >= 0.6 is 0 Å². The summed E-state index contributed by atoms with van der Waals surface area (Å²) in [4.78, 5) is 51.6. The molecule has 0 fully saturated rings. The second-order valence-corrected chi connectivity index (χ2v) is 17.1. The highest BCUT2D eigenvalue weighted by Gasteiger charge is 2.51. The van der Waals surface area contributed by atoms with Gasteiger partial charge in [0.05, 0.1) is 46.0 Å². The van der Waals surface area contributed by atoms with Crippen molar-refractivity contribution in [3.05, 3.63) is 119 Å². The fourth-order valence-corrected chi connectivity index (χ4v) is 11.0. The second kappa shape index (κ2) is 15.4. The number of nitrogens with one attached hydrogen (secondary N) is 4. The van der Waals surface area contributed by atoms with Crippen LogP contribution in [0.15, 0.2) is 85.2 Å². The van der Waals surface area contributed by atoms with Crippen LogP contribution in [0.2, 0.25) is 0 Å². The second-order valence-electron chi connectivity index (χ2n) is 17.1. The number of benzene rings is 2. The van der Waals surface area contributed by atoms with Crippen molar-refractivity contribution < 1.29 is 9.59 Å². The number of hydrogen-bond acceptors (Lipinski definition) is 8. The number of hydrazine groups is 1. The molecule has 0 spiro atoms. The van der Waals surface area contributed by atoms with Gasteiger partial charge in [0.2, 0.25) is 11.8 Å².